The van der Waals surface area contributed by atoms with Crippen molar-refractivity contribution in [2.24, 2.45) is 0 Å². The molecule has 3 nitrogen and oxygen atoms in total. The zero-order valence-corrected chi connectivity index (χ0v) is 11.2. The Bertz CT molecular complexity index is 674. The number of fused-ring (bicyclic) bond motifs is 1. The molecule has 0 saturated heterocycles. The number of benzene rings is 2. The van der Waals surface area contributed by atoms with Crippen molar-refractivity contribution in [1.82, 2.24) is 0 Å². The first-order chi connectivity index (χ1) is 8.41. The van der Waals surface area contributed by atoms with Gasteiger partial charge in [-0.05, 0) is 40.8 Å². The van der Waals surface area contributed by atoms with Crippen molar-refractivity contribution in [3.8, 4) is 0 Å². The predicted octanol–water partition coefficient (Wildman–Crippen LogP) is 3.26. The van der Waals surface area contributed by atoms with Crippen molar-refractivity contribution in [2.75, 3.05) is 0 Å². The smallest absolute Gasteiger partial charge is 0.124 e. The normalized spacial score (nSPS) is 13.7. The van der Waals surface area contributed by atoms with Crippen LogP contribution >= 0.6 is 0 Å². The highest BCUT2D eigenvalue weighted by molar-refractivity contribution is 7.85. The first kappa shape index (κ1) is 13.1. The van der Waals surface area contributed by atoms with Gasteiger partial charge in [0.25, 0.3) is 0 Å². The topological polar surface area (TPSA) is 57.2 Å². The molecule has 2 aromatic rings. The summed E-state index contributed by atoms with van der Waals surface area (Å²) in [6, 6.07) is 10.4. The summed E-state index contributed by atoms with van der Waals surface area (Å²) in [5, 5.41) is 1.74. The standard InChI is InChI=1S/C14H16O3S/c1-3-10(2)11-4-5-13-9-14(18(15,16)17)7-6-12(13)8-11/h4-10H,3H2,1-2H3,(H,15,16,17)/p-1. The van der Waals surface area contributed by atoms with E-state index in [0.717, 1.165) is 17.2 Å². The van der Waals surface area contributed by atoms with Crippen LogP contribution in [0.25, 0.3) is 10.8 Å². The van der Waals surface area contributed by atoms with E-state index in [-0.39, 0.29) is 4.90 Å². The minimum atomic E-state index is -4.38. The molecule has 0 saturated carbocycles. The molecule has 0 amide bonds. The highest BCUT2D eigenvalue weighted by Crippen LogP contribution is 2.25. The van der Waals surface area contributed by atoms with Crippen LogP contribution in [0.15, 0.2) is 41.3 Å². The molecule has 0 heterocycles. The highest BCUT2D eigenvalue weighted by Gasteiger charge is 2.06. The van der Waals surface area contributed by atoms with Crippen molar-refractivity contribution < 1.29 is 13.0 Å². The largest absolute Gasteiger partial charge is 0.744 e. The van der Waals surface area contributed by atoms with Gasteiger partial charge in [-0.1, -0.05) is 38.1 Å². The van der Waals surface area contributed by atoms with Crippen molar-refractivity contribution in [1.29, 1.82) is 0 Å². The molecule has 0 aliphatic heterocycles. The molecule has 0 aliphatic carbocycles. The van der Waals surface area contributed by atoms with E-state index in [0.29, 0.717) is 5.92 Å². The van der Waals surface area contributed by atoms with Gasteiger partial charge in [0, 0.05) is 0 Å². The maximum absolute atomic E-state index is 10.9. The van der Waals surface area contributed by atoms with Crippen molar-refractivity contribution in [3.63, 3.8) is 0 Å². The zero-order valence-electron chi connectivity index (χ0n) is 10.4. The second-order valence-corrected chi connectivity index (χ2v) is 5.91. The molecule has 0 fully saturated rings. The van der Waals surface area contributed by atoms with Gasteiger partial charge in [-0.25, -0.2) is 8.42 Å². The Morgan fingerprint density at radius 1 is 1.11 bits per heavy atom. The fraction of sp³-hybridized carbons (Fsp3) is 0.286. The lowest BCUT2D eigenvalue weighted by Gasteiger charge is -2.12. The Kier molecular flexibility index (Phi) is 3.41. The monoisotopic (exact) mass is 263 g/mol. The second-order valence-electron chi connectivity index (χ2n) is 4.53. The van der Waals surface area contributed by atoms with Crippen molar-refractivity contribution in [2.45, 2.75) is 31.1 Å². The Hall–Kier alpha value is -1.39. The van der Waals surface area contributed by atoms with Crippen molar-refractivity contribution >= 4 is 20.9 Å². The van der Waals surface area contributed by atoms with Crippen LogP contribution in [-0.2, 0) is 10.1 Å². The van der Waals surface area contributed by atoms with Crippen molar-refractivity contribution in [3.05, 3.63) is 42.0 Å². The van der Waals surface area contributed by atoms with Crippen LogP contribution in [0.1, 0.15) is 31.7 Å². The SMILES string of the molecule is CCC(C)c1ccc2cc(S(=O)(=O)[O-])ccc2c1. The van der Waals surface area contributed by atoms with Crippen LogP contribution < -0.4 is 0 Å². The van der Waals surface area contributed by atoms with Crippen LogP contribution in [0.4, 0.5) is 0 Å². The van der Waals surface area contributed by atoms with Gasteiger partial charge in [0.1, 0.15) is 10.1 Å². The van der Waals surface area contributed by atoms with E-state index in [1.54, 1.807) is 6.07 Å². The predicted molar refractivity (Wildman–Crippen MR) is 70.6 cm³/mol. The first-order valence-corrected chi connectivity index (χ1v) is 7.32. The summed E-state index contributed by atoms with van der Waals surface area (Å²) >= 11 is 0. The summed E-state index contributed by atoms with van der Waals surface area (Å²) in [6.45, 7) is 4.28. The summed E-state index contributed by atoms with van der Waals surface area (Å²) in [7, 11) is -4.38. The quantitative estimate of drug-likeness (QED) is 0.799. The number of rotatable bonds is 3. The average molecular weight is 263 g/mol. The van der Waals surface area contributed by atoms with E-state index in [1.165, 1.54) is 17.7 Å². The molecule has 2 aromatic carbocycles. The molecule has 0 bridgehead atoms. The first-order valence-electron chi connectivity index (χ1n) is 5.91. The van der Waals surface area contributed by atoms with Gasteiger partial charge >= 0.3 is 0 Å². The molecule has 0 aromatic heterocycles. The summed E-state index contributed by atoms with van der Waals surface area (Å²) in [6.07, 6.45) is 1.05. The minimum absolute atomic E-state index is 0.175. The van der Waals surface area contributed by atoms with Crippen LogP contribution in [0.3, 0.4) is 0 Å². The third kappa shape index (κ3) is 2.54. The number of hydrogen-bond acceptors (Lipinski definition) is 3. The van der Waals surface area contributed by atoms with Crippen LogP contribution in [0.2, 0.25) is 0 Å². The summed E-state index contributed by atoms with van der Waals surface area (Å²) < 4.78 is 32.8. The lowest BCUT2D eigenvalue weighted by atomic mass is 9.96. The maximum atomic E-state index is 10.9. The Morgan fingerprint density at radius 3 is 2.33 bits per heavy atom. The second kappa shape index (κ2) is 4.71. The molecule has 4 heteroatoms. The fourth-order valence-electron chi connectivity index (χ4n) is 1.94. The Labute approximate surface area is 107 Å². The number of hydrogen-bond donors (Lipinski definition) is 0. The molecule has 0 radical (unpaired) electrons. The molecular weight excluding hydrogens is 248 g/mol. The van der Waals surface area contributed by atoms with E-state index in [9.17, 15) is 13.0 Å². The van der Waals surface area contributed by atoms with E-state index in [4.69, 9.17) is 0 Å². The molecule has 2 rings (SSSR count). The van der Waals surface area contributed by atoms with Crippen LogP contribution in [0, 0.1) is 0 Å². The lowest BCUT2D eigenvalue weighted by Crippen LogP contribution is -1.98. The summed E-state index contributed by atoms with van der Waals surface area (Å²) in [5.41, 5.74) is 1.22. The third-order valence-electron chi connectivity index (χ3n) is 3.31. The Morgan fingerprint density at radius 2 is 1.72 bits per heavy atom. The molecule has 1 atom stereocenters. The summed E-state index contributed by atoms with van der Waals surface area (Å²) in [5.74, 6) is 0.470. The van der Waals surface area contributed by atoms with Gasteiger partial charge in [0.15, 0.2) is 0 Å². The Balaban J connectivity index is 2.55. The summed E-state index contributed by atoms with van der Waals surface area (Å²) in [4.78, 5) is -0.175. The van der Waals surface area contributed by atoms with E-state index < -0.39 is 10.1 Å². The third-order valence-corrected chi connectivity index (χ3v) is 4.14. The van der Waals surface area contributed by atoms with Crippen LogP contribution in [0.5, 0.6) is 0 Å². The molecule has 96 valence electrons. The maximum Gasteiger partial charge on any atom is 0.124 e. The van der Waals surface area contributed by atoms with Gasteiger partial charge in [0.05, 0.1) is 4.90 Å². The van der Waals surface area contributed by atoms with E-state index in [2.05, 4.69) is 13.8 Å². The molecule has 18 heavy (non-hydrogen) atoms. The van der Waals surface area contributed by atoms with Gasteiger partial charge in [0.2, 0.25) is 0 Å². The van der Waals surface area contributed by atoms with Gasteiger partial charge in [-0.15, -0.1) is 0 Å². The van der Waals surface area contributed by atoms with Crippen LogP contribution in [-0.4, -0.2) is 13.0 Å². The fourth-order valence-corrected chi connectivity index (χ4v) is 2.45. The molecular formula is C14H15O3S-. The highest BCUT2D eigenvalue weighted by atomic mass is 32.2. The molecule has 0 N–H and O–H groups in total. The molecule has 0 spiro atoms. The van der Waals surface area contributed by atoms with Gasteiger partial charge in [-0.2, -0.15) is 0 Å². The van der Waals surface area contributed by atoms with Gasteiger partial charge in [-0.3, -0.25) is 0 Å². The van der Waals surface area contributed by atoms with Gasteiger partial charge < -0.3 is 4.55 Å². The average Bonchev–Trinajstić information content (AvgIpc) is 2.35. The van der Waals surface area contributed by atoms with E-state index in [1.807, 2.05) is 18.2 Å². The molecule has 0 aliphatic rings. The zero-order chi connectivity index (χ0) is 13.3. The lowest BCUT2D eigenvalue weighted by molar-refractivity contribution is 0.463. The van der Waals surface area contributed by atoms with E-state index >= 15 is 0 Å². The molecule has 1 unspecified atom stereocenters. The minimum Gasteiger partial charge on any atom is -0.744 e.